The summed E-state index contributed by atoms with van der Waals surface area (Å²) in [5.74, 6) is -0.811. The molecule has 0 fully saturated rings. The van der Waals surface area contributed by atoms with E-state index in [9.17, 15) is 9.18 Å². The molecule has 1 heterocycles. The molecule has 0 unspecified atom stereocenters. The second-order valence-electron chi connectivity index (χ2n) is 4.62. The van der Waals surface area contributed by atoms with Crippen molar-refractivity contribution in [2.45, 2.75) is 0 Å². The van der Waals surface area contributed by atoms with Crippen molar-refractivity contribution in [2.75, 3.05) is 11.1 Å². The van der Waals surface area contributed by atoms with Crippen molar-refractivity contribution in [2.24, 2.45) is 0 Å². The molecule has 0 radical (unpaired) electrons. The number of amides is 1. The minimum Gasteiger partial charge on any atom is -0.375 e. The summed E-state index contributed by atoms with van der Waals surface area (Å²) in [5.41, 5.74) is 8.11. The molecule has 110 valence electrons. The number of anilines is 2. The lowest BCUT2D eigenvalue weighted by Crippen LogP contribution is -2.12. The maximum Gasteiger partial charge on any atom is 0.255 e. The van der Waals surface area contributed by atoms with Gasteiger partial charge in [0.1, 0.15) is 5.82 Å². The number of carbonyl (C=O) groups excluding carboxylic acids is 1. The van der Waals surface area contributed by atoms with Crippen LogP contribution in [-0.4, -0.2) is 10.9 Å². The maximum atomic E-state index is 13.2. The predicted molar refractivity (Wildman–Crippen MR) is 86.3 cm³/mol. The van der Waals surface area contributed by atoms with Gasteiger partial charge >= 0.3 is 0 Å². The summed E-state index contributed by atoms with van der Waals surface area (Å²) in [6.45, 7) is 0. The Morgan fingerprint density at radius 3 is 2.73 bits per heavy atom. The largest absolute Gasteiger partial charge is 0.375 e. The number of halogens is 1. The van der Waals surface area contributed by atoms with Gasteiger partial charge in [0, 0.05) is 22.2 Å². The van der Waals surface area contributed by atoms with Crippen LogP contribution in [0.2, 0.25) is 0 Å². The lowest BCUT2D eigenvalue weighted by Gasteiger charge is -2.07. The average molecular weight is 313 g/mol. The third-order valence-electron chi connectivity index (χ3n) is 3.02. The van der Waals surface area contributed by atoms with Crippen LogP contribution in [-0.2, 0) is 0 Å². The molecule has 0 aliphatic heterocycles. The standard InChI is InChI=1S/C16H12FN3OS/c17-12-5-1-4-11(7-12)15(21)19-13-6-2-3-10(8-13)14-9-22-16(18)20-14/h1-9H,(H2,18,20)(H,19,21). The molecule has 0 spiro atoms. The van der Waals surface area contributed by atoms with Gasteiger partial charge in [-0.3, -0.25) is 4.79 Å². The molecule has 0 atom stereocenters. The third-order valence-corrected chi connectivity index (χ3v) is 3.70. The Balaban J connectivity index is 1.82. The summed E-state index contributed by atoms with van der Waals surface area (Å²) < 4.78 is 13.2. The van der Waals surface area contributed by atoms with Gasteiger partial charge in [-0.1, -0.05) is 18.2 Å². The highest BCUT2D eigenvalue weighted by Crippen LogP contribution is 2.25. The normalized spacial score (nSPS) is 10.4. The van der Waals surface area contributed by atoms with Gasteiger partial charge in [-0.2, -0.15) is 0 Å². The average Bonchev–Trinajstić information content (AvgIpc) is 2.94. The Bertz CT molecular complexity index is 832. The number of benzene rings is 2. The number of hydrogen-bond donors (Lipinski definition) is 2. The van der Waals surface area contributed by atoms with Gasteiger partial charge < -0.3 is 11.1 Å². The van der Waals surface area contributed by atoms with Crippen molar-refractivity contribution in [3.63, 3.8) is 0 Å². The number of carbonyl (C=O) groups is 1. The number of nitrogens with two attached hydrogens (primary N) is 1. The summed E-state index contributed by atoms with van der Waals surface area (Å²) in [7, 11) is 0. The van der Waals surface area contributed by atoms with E-state index in [2.05, 4.69) is 10.3 Å². The van der Waals surface area contributed by atoms with E-state index in [0.29, 0.717) is 10.8 Å². The van der Waals surface area contributed by atoms with Crippen molar-refractivity contribution in [1.82, 2.24) is 4.98 Å². The van der Waals surface area contributed by atoms with E-state index >= 15 is 0 Å². The van der Waals surface area contributed by atoms with Gasteiger partial charge in [-0.15, -0.1) is 11.3 Å². The van der Waals surface area contributed by atoms with E-state index in [0.717, 1.165) is 11.3 Å². The molecule has 0 aliphatic rings. The van der Waals surface area contributed by atoms with E-state index in [1.165, 1.54) is 29.5 Å². The molecule has 6 heteroatoms. The maximum absolute atomic E-state index is 13.2. The van der Waals surface area contributed by atoms with E-state index in [1.54, 1.807) is 18.2 Å². The third kappa shape index (κ3) is 3.12. The van der Waals surface area contributed by atoms with E-state index in [-0.39, 0.29) is 11.5 Å². The smallest absolute Gasteiger partial charge is 0.255 e. The fraction of sp³-hybridized carbons (Fsp3) is 0. The van der Waals surface area contributed by atoms with Crippen LogP contribution in [0.1, 0.15) is 10.4 Å². The molecular weight excluding hydrogens is 301 g/mol. The van der Waals surface area contributed by atoms with Crippen LogP contribution in [0, 0.1) is 5.82 Å². The number of rotatable bonds is 3. The second kappa shape index (κ2) is 5.95. The zero-order valence-electron chi connectivity index (χ0n) is 11.4. The fourth-order valence-corrected chi connectivity index (χ4v) is 2.58. The molecule has 3 aromatic rings. The molecule has 0 saturated carbocycles. The van der Waals surface area contributed by atoms with Crippen molar-refractivity contribution >= 4 is 28.1 Å². The van der Waals surface area contributed by atoms with Gasteiger partial charge in [0.15, 0.2) is 5.13 Å². The molecule has 22 heavy (non-hydrogen) atoms. The fourth-order valence-electron chi connectivity index (χ4n) is 2.01. The number of aromatic nitrogens is 1. The molecule has 3 N–H and O–H groups in total. The van der Waals surface area contributed by atoms with Gasteiger partial charge in [0.2, 0.25) is 0 Å². The first-order chi connectivity index (χ1) is 10.6. The first-order valence-electron chi connectivity index (χ1n) is 6.50. The predicted octanol–water partition coefficient (Wildman–Crippen LogP) is 3.78. The summed E-state index contributed by atoms with van der Waals surface area (Å²) in [6, 6.07) is 12.8. The molecule has 3 rings (SSSR count). The molecule has 0 aliphatic carbocycles. The minimum atomic E-state index is -0.445. The van der Waals surface area contributed by atoms with Crippen molar-refractivity contribution in [3.05, 3.63) is 65.3 Å². The van der Waals surface area contributed by atoms with Gasteiger partial charge in [-0.05, 0) is 30.3 Å². The lowest BCUT2D eigenvalue weighted by atomic mass is 10.1. The lowest BCUT2D eigenvalue weighted by molar-refractivity contribution is 0.102. The number of thiazole rings is 1. The summed E-state index contributed by atoms with van der Waals surface area (Å²) in [4.78, 5) is 16.3. The van der Waals surface area contributed by atoms with Gasteiger partial charge in [-0.25, -0.2) is 9.37 Å². The Morgan fingerprint density at radius 1 is 1.18 bits per heavy atom. The molecule has 4 nitrogen and oxygen atoms in total. The number of nitrogens with zero attached hydrogens (tertiary/aromatic N) is 1. The van der Waals surface area contributed by atoms with Crippen LogP contribution in [0.15, 0.2) is 53.9 Å². The first-order valence-corrected chi connectivity index (χ1v) is 7.38. The van der Waals surface area contributed by atoms with Crippen LogP contribution in [0.5, 0.6) is 0 Å². The van der Waals surface area contributed by atoms with Crippen LogP contribution in [0.25, 0.3) is 11.3 Å². The van der Waals surface area contributed by atoms with E-state index < -0.39 is 5.82 Å². The van der Waals surface area contributed by atoms with E-state index in [1.807, 2.05) is 17.5 Å². The topological polar surface area (TPSA) is 68.0 Å². The Kier molecular flexibility index (Phi) is 3.84. The number of nitrogens with one attached hydrogen (secondary N) is 1. The van der Waals surface area contributed by atoms with E-state index in [4.69, 9.17) is 5.73 Å². The summed E-state index contributed by atoms with van der Waals surface area (Å²) >= 11 is 1.36. The minimum absolute atomic E-state index is 0.267. The molecule has 1 amide bonds. The second-order valence-corrected chi connectivity index (χ2v) is 5.51. The molecule has 2 aromatic carbocycles. The van der Waals surface area contributed by atoms with Crippen LogP contribution in [0.3, 0.4) is 0 Å². The van der Waals surface area contributed by atoms with Crippen molar-refractivity contribution in [1.29, 1.82) is 0 Å². The number of nitrogen functional groups attached to an aromatic ring is 1. The van der Waals surface area contributed by atoms with Gasteiger partial charge in [0.05, 0.1) is 5.69 Å². The Morgan fingerprint density at radius 2 is 2.00 bits per heavy atom. The zero-order valence-corrected chi connectivity index (χ0v) is 12.2. The van der Waals surface area contributed by atoms with Crippen molar-refractivity contribution in [3.8, 4) is 11.3 Å². The van der Waals surface area contributed by atoms with Crippen LogP contribution >= 0.6 is 11.3 Å². The highest BCUT2D eigenvalue weighted by molar-refractivity contribution is 7.13. The Labute approximate surface area is 130 Å². The monoisotopic (exact) mass is 313 g/mol. The highest BCUT2D eigenvalue weighted by atomic mass is 32.1. The number of hydrogen-bond acceptors (Lipinski definition) is 4. The van der Waals surface area contributed by atoms with Crippen LogP contribution < -0.4 is 11.1 Å². The highest BCUT2D eigenvalue weighted by Gasteiger charge is 2.08. The summed E-state index contributed by atoms with van der Waals surface area (Å²) in [5, 5.41) is 5.08. The van der Waals surface area contributed by atoms with Crippen molar-refractivity contribution < 1.29 is 9.18 Å². The quantitative estimate of drug-likeness (QED) is 0.773. The molecule has 1 aromatic heterocycles. The SMILES string of the molecule is Nc1nc(-c2cccc(NC(=O)c3cccc(F)c3)c2)cs1. The zero-order chi connectivity index (χ0) is 15.5. The molecular formula is C16H12FN3OS. The molecule has 0 saturated heterocycles. The molecule has 0 bridgehead atoms. The summed E-state index contributed by atoms with van der Waals surface area (Å²) in [6.07, 6.45) is 0. The first kappa shape index (κ1) is 14.2. The Hall–Kier alpha value is -2.73. The van der Waals surface area contributed by atoms with Crippen LogP contribution in [0.4, 0.5) is 15.2 Å². The van der Waals surface area contributed by atoms with Gasteiger partial charge in [0.25, 0.3) is 5.91 Å².